The van der Waals surface area contributed by atoms with Gasteiger partial charge in [0.25, 0.3) is 0 Å². The lowest BCUT2D eigenvalue weighted by atomic mass is 9.78. The molecule has 0 spiro atoms. The molecule has 0 radical (unpaired) electrons. The number of amides is 2. The molecule has 7 heteroatoms. The molecule has 4 atom stereocenters. The van der Waals surface area contributed by atoms with Gasteiger partial charge in [-0.2, -0.15) is 0 Å². The molecule has 0 bridgehead atoms. The first-order valence-electron chi connectivity index (χ1n) is 8.96. The number of fused-ring (bicyclic) bond motifs is 1. The number of nitrogens with zero attached hydrogens (tertiary/aromatic N) is 1. The van der Waals surface area contributed by atoms with E-state index in [1.165, 1.54) is 17.0 Å². The number of esters is 1. The van der Waals surface area contributed by atoms with E-state index in [4.69, 9.17) is 4.74 Å². The van der Waals surface area contributed by atoms with Crippen molar-refractivity contribution in [2.75, 3.05) is 13.2 Å². The van der Waals surface area contributed by atoms with Gasteiger partial charge in [-0.15, -0.1) is 0 Å². The van der Waals surface area contributed by atoms with Gasteiger partial charge in [0.1, 0.15) is 11.4 Å². The van der Waals surface area contributed by atoms with Crippen LogP contribution >= 0.6 is 0 Å². The normalized spacial score (nSPS) is 30.6. The molecule has 2 saturated heterocycles. The van der Waals surface area contributed by atoms with E-state index in [1.807, 2.05) is 0 Å². The number of likely N-dealkylation sites (tertiary alicyclic amines) is 1. The maximum absolute atomic E-state index is 13.3. The summed E-state index contributed by atoms with van der Waals surface area (Å²) in [5.41, 5.74) is -0.601. The molecule has 2 aliphatic rings. The Kier molecular flexibility index (Phi) is 4.84. The molecule has 2 fully saturated rings. The SMILES string of the molecule is CCOC(=O)[C@]1(CC)N[C@@H](c2ccc(F)cc2)[C@H]2C(=O)N(CC)C(=O)[C@H]21. The molecular weight excluding hydrogens is 339 g/mol. The van der Waals surface area contributed by atoms with E-state index >= 15 is 0 Å². The number of nitrogens with one attached hydrogen (secondary N) is 1. The summed E-state index contributed by atoms with van der Waals surface area (Å²) in [7, 11) is 0. The number of imide groups is 1. The summed E-state index contributed by atoms with van der Waals surface area (Å²) in [6, 6.07) is 5.21. The van der Waals surface area contributed by atoms with Crippen LogP contribution in [0.15, 0.2) is 24.3 Å². The highest BCUT2D eigenvalue weighted by Gasteiger charge is 2.67. The van der Waals surface area contributed by atoms with Crippen molar-refractivity contribution in [3.05, 3.63) is 35.6 Å². The first kappa shape index (κ1) is 18.5. The summed E-state index contributed by atoms with van der Waals surface area (Å²) in [6.07, 6.45) is 0.307. The van der Waals surface area contributed by atoms with Crippen LogP contribution in [0.4, 0.5) is 4.39 Å². The molecule has 2 aliphatic heterocycles. The van der Waals surface area contributed by atoms with Crippen molar-refractivity contribution in [1.82, 2.24) is 10.2 Å². The zero-order valence-corrected chi connectivity index (χ0v) is 15.1. The van der Waals surface area contributed by atoms with Crippen LogP contribution in [0.5, 0.6) is 0 Å². The topological polar surface area (TPSA) is 75.7 Å². The van der Waals surface area contributed by atoms with Crippen LogP contribution in [0.2, 0.25) is 0 Å². The minimum atomic E-state index is -1.27. The predicted molar refractivity (Wildman–Crippen MR) is 91.3 cm³/mol. The van der Waals surface area contributed by atoms with E-state index in [2.05, 4.69) is 5.32 Å². The molecule has 1 N–H and O–H groups in total. The number of carbonyl (C=O) groups excluding carboxylic acids is 3. The Labute approximate surface area is 151 Å². The molecule has 1 aromatic rings. The highest BCUT2D eigenvalue weighted by Crippen LogP contribution is 2.50. The Hall–Kier alpha value is -2.28. The van der Waals surface area contributed by atoms with Crippen LogP contribution in [-0.4, -0.2) is 41.4 Å². The zero-order chi connectivity index (χ0) is 19.1. The smallest absolute Gasteiger partial charge is 0.327 e. The monoisotopic (exact) mass is 362 g/mol. The number of benzene rings is 1. The van der Waals surface area contributed by atoms with E-state index in [0.717, 1.165) is 0 Å². The molecule has 0 aromatic heterocycles. The summed E-state index contributed by atoms with van der Waals surface area (Å²) in [6.45, 7) is 5.66. The molecular formula is C19H23FN2O4. The standard InChI is InChI=1S/C19H23FN2O4/c1-4-19(18(25)26-6-3)14-13(16(23)22(5-2)17(14)24)15(21-19)11-7-9-12(20)10-8-11/h7-10,13-15,21H,4-6H2,1-3H3/t13-,14-,15-,19+/m0/s1. The van der Waals surface area contributed by atoms with Gasteiger partial charge in [-0.05, 0) is 38.0 Å². The molecule has 26 heavy (non-hydrogen) atoms. The van der Waals surface area contributed by atoms with Crippen molar-refractivity contribution in [1.29, 1.82) is 0 Å². The Bertz CT molecular complexity index is 736. The van der Waals surface area contributed by atoms with Gasteiger partial charge in [-0.25, -0.2) is 4.39 Å². The Morgan fingerprint density at radius 3 is 2.38 bits per heavy atom. The van der Waals surface area contributed by atoms with Crippen LogP contribution in [0.1, 0.15) is 38.8 Å². The summed E-state index contributed by atoms with van der Waals surface area (Å²) in [5.74, 6) is -3.11. The fourth-order valence-corrected chi connectivity index (χ4v) is 4.25. The van der Waals surface area contributed by atoms with Gasteiger partial charge < -0.3 is 4.74 Å². The minimum absolute atomic E-state index is 0.181. The van der Waals surface area contributed by atoms with Gasteiger partial charge >= 0.3 is 5.97 Å². The first-order valence-corrected chi connectivity index (χ1v) is 8.96. The lowest BCUT2D eigenvalue weighted by Crippen LogP contribution is -2.56. The number of hydrogen-bond donors (Lipinski definition) is 1. The van der Waals surface area contributed by atoms with Crippen molar-refractivity contribution < 1.29 is 23.5 Å². The first-order chi connectivity index (χ1) is 12.4. The van der Waals surface area contributed by atoms with Crippen LogP contribution < -0.4 is 5.32 Å². The third-order valence-electron chi connectivity index (χ3n) is 5.49. The van der Waals surface area contributed by atoms with E-state index in [0.29, 0.717) is 12.0 Å². The van der Waals surface area contributed by atoms with Gasteiger partial charge in [-0.3, -0.25) is 24.6 Å². The Morgan fingerprint density at radius 1 is 1.19 bits per heavy atom. The van der Waals surface area contributed by atoms with Gasteiger partial charge in [0.2, 0.25) is 11.8 Å². The average molecular weight is 362 g/mol. The molecule has 3 rings (SSSR count). The third-order valence-corrected chi connectivity index (χ3v) is 5.49. The molecule has 6 nitrogen and oxygen atoms in total. The van der Waals surface area contributed by atoms with E-state index in [1.54, 1.807) is 32.9 Å². The number of halogens is 1. The average Bonchev–Trinajstić information content (AvgIpc) is 3.11. The Balaban J connectivity index is 2.11. The van der Waals surface area contributed by atoms with Crippen LogP contribution in [0.25, 0.3) is 0 Å². The maximum atomic E-state index is 13.3. The summed E-state index contributed by atoms with van der Waals surface area (Å²) >= 11 is 0. The summed E-state index contributed by atoms with van der Waals surface area (Å²) in [5, 5.41) is 3.22. The molecule has 140 valence electrons. The molecule has 0 unspecified atom stereocenters. The minimum Gasteiger partial charge on any atom is -0.465 e. The predicted octanol–water partition coefficient (Wildman–Crippen LogP) is 1.80. The number of ether oxygens (including phenoxy) is 1. The van der Waals surface area contributed by atoms with Crippen molar-refractivity contribution in [3.63, 3.8) is 0 Å². The molecule has 0 saturated carbocycles. The van der Waals surface area contributed by atoms with Gasteiger partial charge in [0, 0.05) is 12.6 Å². The second kappa shape index (κ2) is 6.79. The fourth-order valence-electron chi connectivity index (χ4n) is 4.25. The third kappa shape index (κ3) is 2.53. The summed E-state index contributed by atoms with van der Waals surface area (Å²) < 4.78 is 18.6. The van der Waals surface area contributed by atoms with Crippen molar-refractivity contribution in [2.24, 2.45) is 11.8 Å². The number of hydrogen-bond acceptors (Lipinski definition) is 5. The lowest BCUT2D eigenvalue weighted by Gasteiger charge is -2.31. The van der Waals surface area contributed by atoms with E-state index in [9.17, 15) is 18.8 Å². The van der Waals surface area contributed by atoms with Gasteiger partial charge in [0.15, 0.2) is 0 Å². The quantitative estimate of drug-likeness (QED) is 0.639. The van der Waals surface area contributed by atoms with Gasteiger partial charge in [-0.1, -0.05) is 19.1 Å². The fraction of sp³-hybridized carbons (Fsp3) is 0.526. The van der Waals surface area contributed by atoms with Crippen LogP contribution in [0, 0.1) is 17.7 Å². The van der Waals surface area contributed by atoms with Gasteiger partial charge in [0.05, 0.1) is 18.4 Å². The summed E-state index contributed by atoms with van der Waals surface area (Å²) in [4.78, 5) is 39.8. The van der Waals surface area contributed by atoms with Crippen molar-refractivity contribution in [3.8, 4) is 0 Å². The second-order valence-electron chi connectivity index (χ2n) is 6.64. The number of rotatable bonds is 5. The maximum Gasteiger partial charge on any atom is 0.327 e. The highest BCUT2D eigenvalue weighted by molar-refractivity contribution is 6.09. The molecule has 2 amide bonds. The van der Waals surface area contributed by atoms with Crippen molar-refractivity contribution in [2.45, 2.75) is 38.8 Å². The largest absolute Gasteiger partial charge is 0.465 e. The van der Waals surface area contributed by atoms with Crippen LogP contribution in [0.3, 0.4) is 0 Å². The lowest BCUT2D eigenvalue weighted by molar-refractivity contribution is -0.156. The molecule has 0 aliphatic carbocycles. The molecule has 1 aromatic carbocycles. The van der Waals surface area contributed by atoms with E-state index in [-0.39, 0.29) is 30.8 Å². The van der Waals surface area contributed by atoms with Crippen LogP contribution in [-0.2, 0) is 19.1 Å². The Morgan fingerprint density at radius 2 is 1.85 bits per heavy atom. The highest BCUT2D eigenvalue weighted by atomic mass is 19.1. The molecule has 2 heterocycles. The van der Waals surface area contributed by atoms with Crippen molar-refractivity contribution >= 4 is 17.8 Å². The zero-order valence-electron chi connectivity index (χ0n) is 15.1. The second-order valence-corrected chi connectivity index (χ2v) is 6.64. The van der Waals surface area contributed by atoms with E-state index < -0.39 is 29.4 Å². The number of carbonyl (C=O) groups is 3.